The third-order valence-electron chi connectivity index (χ3n) is 1.88. The SMILES string of the molecule is CC(C)N(N=O)C(=O)Nc1ccc(Cl)cc1. The van der Waals surface area contributed by atoms with Gasteiger partial charge in [-0.15, -0.1) is 4.91 Å². The maximum atomic E-state index is 11.6. The highest BCUT2D eigenvalue weighted by Gasteiger charge is 2.17. The third kappa shape index (κ3) is 3.20. The first-order valence-corrected chi connectivity index (χ1v) is 5.11. The van der Waals surface area contributed by atoms with E-state index in [9.17, 15) is 9.70 Å². The summed E-state index contributed by atoms with van der Waals surface area (Å²) in [5.74, 6) is 0. The van der Waals surface area contributed by atoms with Gasteiger partial charge < -0.3 is 5.32 Å². The van der Waals surface area contributed by atoms with E-state index in [1.165, 1.54) is 0 Å². The summed E-state index contributed by atoms with van der Waals surface area (Å²) in [6.07, 6.45) is 0. The first kappa shape index (κ1) is 12.4. The average molecular weight is 242 g/mol. The Labute approximate surface area is 98.3 Å². The molecule has 0 bridgehead atoms. The van der Waals surface area contributed by atoms with Crippen LogP contribution in [0.5, 0.6) is 0 Å². The monoisotopic (exact) mass is 241 g/mol. The van der Waals surface area contributed by atoms with E-state index < -0.39 is 6.03 Å². The van der Waals surface area contributed by atoms with E-state index in [4.69, 9.17) is 11.6 Å². The summed E-state index contributed by atoms with van der Waals surface area (Å²) >= 11 is 5.70. The maximum absolute atomic E-state index is 11.6. The molecular formula is C10H12ClN3O2. The van der Waals surface area contributed by atoms with Gasteiger partial charge in [-0.3, -0.25) is 0 Å². The topological polar surface area (TPSA) is 61.8 Å². The zero-order chi connectivity index (χ0) is 12.1. The highest BCUT2D eigenvalue weighted by atomic mass is 35.5. The number of halogens is 1. The Kier molecular flexibility index (Phi) is 4.25. The number of carbonyl (C=O) groups excluding carboxylic acids is 1. The molecule has 1 aromatic rings. The van der Waals surface area contributed by atoms with Crippen LogP contribution in [0.1, 0.15) is 13.8 Å². The van der Waals surface area contributed by atoms with E-state index in [1.54, 1.807) is 38.1 Å². The number of anilines is 1. The van der Waals surface area contributed by atoms with Crippen molar-refractivity contribution in [3.05, 3.63) is 34.2 Å². The zero-order valence-corrected chi connectivity index (χ0v) is 9.73. The van der Waals surface area contributed by atoms with Crippen molar-refractivity contribution < 1.29 is 4.79 Å². The molecule has 6 heteroatoms. The number of benzene rings is 1. The van der Waals surface area contributed by atoms with Gasteiger partial charge in [-0.2, -0.15) is 5.01 Å². The Morgan fingerprint density at radius 3 is 2.38 bits per heavy atom. The summed E-state index contributed by atoms with van der Waals surface area (Å²) in [6, 6.07) is 5.72. The van der Waals surface area contributed by atoms with Crippen molar-refractivity contribution in [1.82, 2.24) is 5.01 Å². The lowest BCUT2D eigenvalue weighted by molar-refractivity contribution is 0.199. The van der Waals surface area contributed by atoms with Crippen molar-refractivity contribution in [2.45, 2.75) is 19.9 Å². The van der Waals surface area contributed by atoms with E-state index in [-0.39, 0.29) is 6.04 Å². The largest absolute Gasteiger partial charge is 0.345 e. The molecule has 1 N–H and O–H groups in total. The Bertz CT molecular complexity index is 378. The van der Waals surface area contributed by atoms with Crippen molar-refractivity contribution in [1.29, 1.82) is 0 Å². The number of hydrogen-bond donors (Lipinski definition) is 1. The smallest absolute Gasteiger partial charge is 0.306 e. The van der Waals surface area contributed by atoms with Crippen LogP contribution in [0.4, 0.5) is 10.5 Å². The number of hydrogen-bond acceptors (Lipinski definition) is 3. The molecule has 0 spiro atoms. The molecule has 0 saturated carbocycles. The molecule has 1 rings (SSSR count). The molecule has 2 amide bonds. The van der Waals surface area contributed by atoms with Crippen LogP contribution in [0.25, 0.3) is 0 Å². The van der Waals surface area contributed by atoms with Crippen molar-refractivity contribution in [3.8, 4) is 0 Å². The molecule has 5 nitrogen and oxygen atoms in total. The minimum Gasteiger partial charge on any atom is -0.306 e. The summed E-state index contributed by atoms with van der Waals surface area (Å²) < 4.78 is 0. The van der Waals surface area contributed by atoms with Gasteiger partial charge in [-0.1, -0.05) is 11.6 Å². The number of urea groups is 1. The van der Waals surface area contributed by atoms with Gasteiger partial charge in [-0.05, 0) is 38.1 Å². The van der Waals surface area contributed by atoms with Crippen LogP contribution in [0.2, 0.25) is 5.02 Å². The van der Waals surface area contributed by atoms with Crippen LogP contribution in [0, 0.1) is 4.91 Å². The molecule has 0 fully saturated rings. The maximum Gasteiger partial charge on any atom is 0.345 e. The van der Waals surface area contributed by atoms with E-state index in [1.807, 2.05) is 0 Å². The van der Waals surface area contributed by atoms with E-state index >= 15 is 0 Å². The van der Waals surface area contributed by atoms with Crippen molar-refractivity contribution >= 4 is 23.3 Å². The van der Waals surface area contributed by atoms with E-state index in [0.717, 1.165) is 5.01 Å². The zero-order valence-electron chi connectivity index (χ0n) is 8.98. The number of amides is 2. The van der Waals surface area contributed by atoms with Crippen LogP contribution in [0.3, 0.4) is 0 Å². The molecule has 0 aliphatic heterocycles. The molecule has 0 radical (unpaired) electrons. The standard InChI is InChI=1S/C10H12ClN3O2/c1-7(2)14(13-16)10(15)12-9-5-3-8(11)4-6-9/h3-7H,1-2H3,(H,12,15). The number of rotatable bonds is 3. The van der Waals surface area contributed by atoms with Gasteiger partial charge in [-0.25, -0.2) is 4.79 Å². The van der Waals surface area contributed by atoms with Crippen molar-refractivity contribution in [2.24, 2.45) is 5.29 Å². The first-order valence-electron chi connectivity index (χ1n) is 4.73. The number of nitrogens with one attached hydrogen (secondary N) is 1. The Morgan fingerprint density at radius 1 is 1.38 bits per heavy atom. The second-order valence-corrected chi connectivity index (χ2v) is 3.89. The highest BCUT2D eigenvalue weighted by Crippen LogP contribution is 2.14. The van der Waals surface area contributed by atoms with E-state index in [0.29, 0.717) is 10.7 Å². The summed E-state index contributed by atoms with van der Waals surface area (Å²) in [4.78, 5) is 22.0. The van der Waals surface area contributed by atoms with Gasteiger partial charge in [0.2, 0.25) is 0 Å². The molecule has 0 unspecified atom stereocenters. The van der Waals surface area contributed by atoms with Gasteiger partial charge in [0, 0.05) is 10.7 Å². The number of nitroso groups, excluding NO2 is 1. The molecule has 1 aromatic carbocycles. The lowest BCUT2D eigenvalue weighted by atomic mass is 10.3. The van der Waals surface area contributed by atoms with Gasteiger partial charge in [0.15, 0.2) is 0 Å². The second-order valence-electron chi connectivity index (χ2n) is 3.46. The second kappa shape index (κ2) is 5.46. The first-order chi connectivity index (χ1) is 7.54. The van der Waals surface area contributed by atoms with Gasteiger partial charge in [0.25, 0.3) is 0 Å². The molecular weight excluding hydrogens is 230 g/mol. The fourth-order valence-electron chi connectivity index (χ4n) is 1.08. The molecule has 0 aliphatic rings. The summed E-state index contributed by atoms with van der Waals surface area (Å²) in [5.41, 5.74) is 0.559. The minimum atomic E-state index is -0.563. The fraction of sp³-hybridized carbons (Fsp3) is 0.300. The predicted molar refractivity (Wildman–Crippen MR) is 63.2 cm³/mol. The minimum absolute atomic E-state index is 0.287. The predicted octanol–water partition coefficient (Wildman–Crippen LogP) is 3.26. The molecule has 0 aromatic heterocycles. The number of nitrogens with zero attached hydrogens (tertiary/aromatic N) is 2. The van der Waals surface area contributed by atoms with Crippen LogP contribution in [-0.2, 0) is 0 Å². The fourth-order valence-corrected chi connectivity index (χ4v) is 1.21. The van der Waals surface area contributed by atoms with Gasteiger partial charge in [0.1, 0.15) is 0 Å². The Balaban J connectivity index is 2.70. The van der Waals surface area contributed by atoms with Crippen LogP contribution in [-0.4, -0.2) is 17.1 Å². The van der Waals surface area contributed by atoms with Crippen molar-refractivity contribution in [2.75, 3.05) is 5.32 Å². The lowest BCUT2D eigenvalue weighted by Crippen LogP contribution is -2.35. The summed E-state index contributed by atoms with van der Waals surface area (Å²) in [7, 11) is 0. The van der Waals surface area contributed by atoms with Gasteiger partial charge in [0.05, 0.1) is 11.3 Å². The average Bonchev–Trinajstić information content (AvgIpc) is 2.22. The lowest BCUT2D eigenvalue weighted by Gasteiger charge is -2.17. The van der Waals surface area contributed by atoms with E-state index in [2.05, 4.69) is 10.6 Å². The third-order valence-corrected chi connectivity index (χ3v) is 2.13. The molecule has 0 saturated heterocycles. The number of carbonyl (C=O) groups is 1. The van der Waals surface area contributed by atoms with Gasteiger partial charge >= 0.3 is 6.03 Å². The Morgan fingerprint density at radius 2 is 1.94 bits per heavy atom. The summed E-state index contributed by atoms with van der Waals surface area (Å²) in [6.45, 7) is 3.39. The molecule has 0 aliphatic carbocycles. The quantitative estimate of drug-likeness (QED) is 0.652. The molecule has 16 heavy (non-hydrogen) atoms. The van der Waals surface area contributed by atoms with Crippen LogP contribution in [0.15, 0.2) is 29.6 Å². The van der Waals surface area contributed by atoms with Crippen LogP contribution < -0.4 is 5.32 Å². The molecule has 86 valence electrons. The summed E-state index contributed by atoms with van der Waals surface area (Å²) in [5, 5.41) is 6.59. The van der Waals surface area contributed by atoms with Crippen LogP contribution >= 0.6 is 11.6 Å². The highest BCUT2D eigenvalue weighted by molar-refractivity contribution is 6.30. The molecule has 0 atom stereocenters. The Hall–Kier alpha value is -1.62. The molecule has 0 heterocycles. The normalized spacial score (nSPS) is 10.0. The van der Waals surface area contributed by atoms with Crippen molar-refractivity contribution in [3.63, 3.8) is 0 Å².